The normalized spacial score (nSPS) is 14.9. The van der Waals surface area contributed by atoms with Crippen molar-refractivity contribution in [3.63, 3.8) is 0 Å². The number of rotatable bonds is 2. The lowest BCUT2D eigenvalue weighted by atomic mass is 10.2. The average molecular weight is 330 g/mol. The fourth-order valence-electron chi connectivity index (χ4n) is 1.50. The molecule has 0 saturated carbocycles. The highest BCUT2D eigenvalue weighted by atomic mass is 35.5. The van der Waals surface area contributed by atoms with Crippen molar-refractivity contribution in [3.05, 3.63) is 39.9 Å². The molecule has 1 fully saturated rings. The van der Waals surface area contributed by atoms with Crippen LogP contribution in [-0.2, 0) is 9.59 Å². The Morgan fingerprint density at radius 3 is 2.62 bits per heavy atom. The monoisotopic (exact) mass is 329 g/mol. The van der Waals surface area contributed by atoms with Gasteiger partial charge in [-0.1, -0.05) is 29.3 Å². The van der Waals surface area contributed by atoms with Gasteiger partial charge in [0, 0.05) is 32.1 Å². The lowest BCUT2D eigenvalue weighted by molar-refractivity contribution is -0.120. The predicted octanol–water partition coefficient (Wildman–Crippen LogP) is 1.59. The quantitative estimate of drug-likeness (QED) is 0.720. The summed E-state index contributed by atoms with van der Waals surface area (Å²) in [7, 11) is 0. The highest BCUT2D eigenvalue weighted by molar-refractivity contribution is 6.42. The molecule has 1 aromatic carbocycles. The standard InChI is InChI=1S/C9H7Cl2NO.C5H10N2O/c10-7-3-1-6(5-8(7)11)2-4-9(12)13;8-5-1-2-6-3-4-7-5/h1-5H,(H2,12,13);6H,1-4H2,(H,7,8)/b4-2+;. The molecule has 2 rings (SSSR count). The summed E-state index contributed by atoms with van der Waals surface area (Å²) in [6, 6.07) is 5.06. The summed E-state index contributed by atoms with van der Waals surface area (Å²) < 4.78 is 0. The van der Waals surface area contributed by atoms with Crippen LogP contribution < -0.4 is 16.4 Å². The number of benzene rings is 1. The van der Waals surface area contributed by atoms with Crippen LogP contribution in [0.1, 0.15) is 12.0 Å². The van der Waals surface area contributed by atoms with Crippen molar-refractivity contribution in [1.29, 1.82) is 0 Å². The molecule has 114 valence electrons. The van der Waals surface area contributed by atoms with E-state index in [9.17, 15) is 9.59 Å². The Balaban J connectivity index is 0.000000235. The number of hydrogen-bond donors (Lipinski definition) is 3. The van der Waals surface area contributed by atoms with E-state index in [0.717, 1.165) is 25.2 Å². The lowest BCUT2D eigenvalue weighted by Gasteiger charge is -1.96. The lowest BCUT2D eigenvalue weighted by Crippen LogP contribution is -2.24. The van der Waals surface area contributed by atoms with Crippen molar-refractivity contribution in [3.8, 4) is 0 Å². The first-order chi connectivity index (χ1) is 9.99. The van der Waals surface area contributed by atoms with Crippen LogP contribution in [0.4, 0.5) is 0 Å². The van der Waals surface area contributed by atoms with Gasteiger partial charge in [0.05, 0.1) is 10.0 Å². The van der Waals surface area contributed by atoms with E-state index >= 15 is 0 Å². The average Bonchev–Trinajstić information content (AvgIpc) is 2.68. The van der Waals surface area contributed by atoms with Gasteiger partial charge in [-0.25, -0.2) is 0 Å². The van der Waals surface area contributed by atoms with Gasteiger partial charge in [-0.15, -0.1) is 0 Å². The third kappa shape index (κ3) is 7.70. The van der Waals surface area contributed by atoms with Crippen LogP contribution in [0.2, 0.25) is 10.0 Å². The van der Waals surface area contributed by atoms with E-state index in [0.29, 0.717) is 16.5 Å². The number of nitrogens with one attached hydrogen (secondary N) is 2. The highest BCUT2D eigenvalue weighted by Crippen LogP contribution is 2.22. The minimum atomic E-state index is -0.494. The van der Waals surface area contributed by atoms with Crippen LogP contribution in [0.5, 0.6) is 0 Å². The summed E-state index contributed by atoms with van der Waals surface area (Å²) in [6.45, 7) is 2.51. The molecule has 5 nitrogen and oxygen atoms in total. The number of hydrogen-bond acceptors (Lipinski definition) is 3. The molecule has 1 aliphatic heterocycles. The van der Waals surface area contributed by atoms with Gasteiger partial charge in [0.25, 0.3) is 0 Å². The maximum atomic E-state index is 10.5. The maximum Gasteiger partial charge on any atom is 0.241 e. The number of carbonyl (C=O) groups is 2. The summed E-state index contributed by atoms with van der Waals surface area (Å²) in [5.41, 5.74) is 5.71. The smallest absolute Gasteiger partial charge is 0.241 e. The largest absolute Gasteiger partial charge is 0.366 e. The first-order valence-corrected chi connectivity index (χ1v) is 7.14. The molecule has 2 amide bonds. The zero-order chi connectivity index (χ0) is 15.7. The Bertz CT molecular complexity index is 523. The van der Waals surface area contributed by atoms with Crippen molar-refractivity contribution < 1.29 is 9.59 Å². The molecule has 0 spiro atoms. The maximum absolute atomic E-state index is 10.5. The molecule has 1 aliphatic rings. The molecule has 1 heterocycles. The molecule has 0 atom stereocenters. The Hall–Kier alpha value is -1.56. The SMILES string of the molecule is NC(=O)/C=C/c1ccc(Cl)c(Cl)c1.O=C1CCNCCN1. The fourth-order valence-corrected chi connectivity index (χ4v) is 1.81. The molecule has 7 heteroatoms. The Morgan fingerprint density at radius 2 is 1.95 bits per heavy atom. The zero-order valence-electron chi connectivity index (χ0n) is 11.4. The summed E-state index contributed by atoms with van der Waals surface area (Å²) in [4.78, 5) is 20.9. The van der Waals surface area contributed by atoms with E-state index in [-0.39, 0.29) is 5.91 Å². The highest BCUT2D eigenvalue weighted by Gasteiger charge is 2.02. The molecular formula is C14H17Cl2N3O2. The third-order valence-corrected chi connectivity index (χ3v) is 3.28. The van der Waals surface area contributed by atoms with Crippen LogP contribution in [0.15, 0.2) is 24.3 Å². The number of nitrogens with two attached hydrogens (primary N) is 1. The van der Waals surface area contributed by atoms with Crippen molar-refractivity contribution in [1.82, 2.24) is 10.6 Å². The van der Waals surface area contributed by atoms with Crippen LogP contribution in [0, 0.1) is 0 Å². The van der Waals surface area contributed by atoms with Crippen LogP contribution in [0.25, 0.3) is 6.08 Å². The van der Waals surface area contributed by atoms with Gasteiger partial charge in [0.15, 0.2) is 0 Å². The minimum Gasteiger partial charge on any atom is -0.366 e. The molecule has 21 heavy (non-hydrogen) atoms. The summed E-state index contributed by atoms with van der Waals surface area (Å²) in [5.74, 6) is -0.332. The number of primary amides is 1. The van der Waals surface area contributed by atoms with E-state index in [2.05, 4.69) is 10.6 Å². The Kier molecular flexibility index (Phi) is 7.82. The second-order valence-electron chi connectivity index (χ2n) is 4.26. The summed E-state index contributed by atoms with van der Waals surface area (Å²) >= 11 is 11.4. The van der Waals surface area contributed by atoms with E-state index in [4.69, 9.17) is 28.9 Å². The second kappa shape index (κ2) is 9.39. The first-order valence-electron chi connectivity index (χ1n) is 6.39. The predicted molar refractivity (Wildman–Crippen MR) is 85.2 cm³/mol. The molecule has 1 saturated heterocycles. The number of amides is 2. The van der Waals surface area contributed by atoms with Gasteiger partial charge in [-0.3, -0.25) is 9.59 Å². The van der Waals surface area contributed by atoms with Gasteiger partial charge in [0.1, 0.15) is 0 Å². The molecule has 0 unspecified atom stereocenters. The first kappa shape index (κ1) is 17.5. The van der Waals surface area contributed by atoms with E-state index in [1.807, 2.05) is 0 Å². The Labute approximate surface area is 133 Å². The van der Waals surface area contributed by atoms with Crippen LogP contribution in [-0.4, -0.2) is 31.4 Å². The zero-order valence-corrected chi connectivity index (χ0v) is 12.9. The third-order valence-electron chi connectivity index (χ3n) is 2.54. The topological polar surface area (TPSA) is 84.2 Å². The van der Waals surface area contributed by atoms with E-state index in [1.165, 1.54) is 6.08 Å². The van der Waals surface area contributed by atoms with E-state index < -0.39 is 5.91 Å². The molecule has 1 aromatic rings. The molecule has 0 aliphatic carbocycles. The van der Waals surface area contributed by atoms with Gasteiger partial charge >= 0.3 is 0 Å². The van der Waals surface area contributed by atoms with Crippen molar-refractivity contribution >= 4 is 41.1 Å². The van der Waals surface area contributed by atoms with Gasteiger partial charge < -0.3 is 16.4 Å². The summed E-state index contributed by atoms with van der Waals surface area (Å²) in [6.07, 6.45) is 3.46. The number of halogens is 2. The minimum absolute atomic E-state index is 0.162. The second-order valence-corrected chi connectivity index (χ2v) is 5.07. The van der Waals surface area contributed by atoms with Crippen LogP contribution in [0.3, 0.4) is 0 Å². The molecule has 4 N–H and O–H groups in total. The molecular weight excluding hydrogens is 313 g/mol. The van der Waals surface area contributed by atoms with Gasteiger partial charge in [-0.2, -0.15) is 0 Å². The number of carbonyl (C=O) groups excluding carboxylic acids is 2. The van der Waals surface area contributed by atoms with E-state index in [1.54, 1.807) is 24.3 Å². The fraction of sp³-hybridized carbons (Fsp3) is 0.286. The molecule has 0 aromatic heterocycles. The van der Waals surface area contributed by atoms with Gasteiger partial charge in [0.2, 0.25) is 11.8 Å². The van der Waals surface area contributed by atoms with Crippen molar-refractivity contribution in [2.75, 3.05) is 19.6 Å². The Morgan fingerprint density at radius 1 is 1.19 bits per heavy atom. The molecule has 0 bridgehead atoms. The van der Waals surface area contributed by atoms with Crippen molar-refractivity contribution in [2.24, 2.45) is 5.73 Å². The summed E-state index contributed by atoms with van der Waals surface area (Å²) in [5, 5.41) is 6.77. The van der Waals surface area contributed by atoms with Crippen LogP contribution >= 0.6 is 23.2 Å². The molecule has 0 radical (unpaired) electrons. The van der Waals surface area contributed by atoms with Gasteiger partial charge in [-0.05, 0) is 23.8 Å². The van der Waals surface area contributed by atoms with Crippen molar-refractivity contribution in [2.45, 2.75) is 6.42 Å².